The van der Waals surface area contributed by atoms with Gasteiger partial charge in [-0.15, -0.1) is 0 Å². The van der Waals surface area contributed by atoms with Crippen LogP contribution < -0.4 is 5.32 Å². The monoisotopic (exact) mass is 426 g/mol. The van der Waals surface area contributed by atoms with E-state index < -0.39 is 5.91 Å². The van der Waals surface area contributed by atoms with Gasteiger partial charge in [-0.1, -0.05) is 59.6 Å². The van der Waals surface area contributed by atoms with Crippen molar-refractivity contribution in [2.24, 2.45) is 0 Å². The van der Waals surface area contributed by atoms with E-state index >= 15 is 0 Å². The molecule has 0 bridgehead atoms. The van der Waals surface area contributed by atoms with E-state index in [4.69, 9.17) is 23.2 Å². The number of nitrogens with one attached hydrogen (secondary N) is 1. The van der Waals surface area contributed by atoms with E-state index in [-0.39, 0.29) is 21.7 Å². The normalized spacial score (nSPS) is 12.8. The van der Waals surface area contributed by atoms with E-state index in [1.807, 2.05) is 30.3 Å². The third kappa shape index (κ3) is 3.92. The number of fused-ring (bicyclic) bond motifs is 1. The van der Waals surface area contributed by atoms with Crippen LogP contribution in [0.2, 0.25) is 10.0 Å². The standard InChI is InChI=1S/C22H16Cl2N2O3/c23-18-9-16(10-19(24)20(18)27)25-21(28)14-6-7-15-12-26(22(29)17(15)8-14)11-13-4-2-1-3-5-13/h1-10,27H,11-12H2,(H,25,28). The molecule has 2 N–H and O–H groups in total. The number of halogens is 2. The Labute approximate surface area is 177 Å². The van der Waals surface area contributed by atoms with Crippen molar-refractivity contribution in [2.45, 2.75) is 13.1 Å². The number of carbonyl (C=O) groups excluding carboxylic acids is 2. The van der Waals surface area contributed by atoms with Crippen molar-refractivity contribution < 1.29 is 14.7 Å². The Balaban J connectivity index is 1.52. The summed E-state index contributed by atoms with van der Waals surface area (Å²) in [5.74, 6) is -0.748. The Morgan fingerprint density at radius 3 is 2.41 bits per heavy atom. The molecule has 1 aliphatic heterocycles. The van der Waals surface area contributed by atoms with Gasteiger partial charge in [-0.05, 0) is 35.4 Å². The molecule has 0 aliphatic carbocycles. The zero-order valence-corrected chi connectivity index (χ0v) is 16.7. The van der Waals surface area contributed by atoms with Crippen molar-refractivity contribution in [3.63, 3.8) is 0 Å². The van der Waals surface area contributed by atoms with Crippen LogP contribution >= 0.6 is 23.2 Å². The van der Waals surface area contributed by atoms with Crippen molar-refractivity contribution in [1.82, 2.24) is 4.90 Å². The summed E-state index contributed by atoms with van der Waals surface area (Å²) in [5.41, 5.74) is 3.15. The summed E-state index contributed by atoms with van der Waals surface area (Å²) in [4.78, 5) is 27.2. The van der Waals surface area contributed by atoms with Gasteiger partial charge >= 0.3 is 0 Å². The fraction of sp³-hybridized carbons (Fsp3) is 0.0909. The molecular formula is C22H16Cl2N2O3. The van der Waals surface area contributed by atoms with Gasteiger partial charge in [0, 0.05) is 29.9 Å². The summed E-state index contributed by atoms with van der Waals surface area (Å²) < 4.78 is 0. The van der Waals surface area contributed by atoms with Crippen LogP contribution in [0.15, 0.2) is 60.7 Å². The quantitative estimate of drug-likeness (QED) is 0.569. The molecule has 0 fully saturated rings. The van der Waals surface area contributed by atoms with E-state index in [0.717, 1.165) is 11.1 Å². The Kier molecular flexibility index (Phi) is 5.18. The van der Waals surface area contributed by atoms with Gasteiger partial charge < -0.3 is 15.3 Å². The summed E-state index contributed by atoms with van der Waals surface area (Å²) >= 11 is 11.8. The number of amides is 2. The first-order chi connectivity index (χ1) is 13.9. The van der Waals surface area contributed by atoms with Gasteiger partial charge in [0.15, 0.2) is 5.75 Å². The lowest BCUT2D eigenvalue weighted by Gasteiger charge is -2.15. The van der Waals surface area contributed by atoms with Gasteiger partial charge in [-0.25, -0.2) is 0 Å². The van der Waals surface area contributed by atoms with Gasteiger partial charge in [0.05, 0.1) is 10.0 Å². The molecule has 2 amide bonds. The van der Waals surface area contributed by atoms with Crippen molar-refractivity contribution in [2.75, 3.05) is 5.32 Å². The molecule has 146 valence electrons. The van der Waals surface area contributed by atoms with Crippen molar-refractivity contribution >= 4 is 40.7 Å². The van der Waals surface area contributed by atoms with Gasteiger partial charge in [0.25, 0.3) is 11.8 Å². The van der Waals surface area contributed by atoms with Crippen molar-refractivity contribution in [1.29, 1.82) is 0 Å². The summed E-state index contributed by atoms with van der Waals surface area (Å²) in [5, 5.41) is 12.4. The lowest BCUT2D eigenvalue weighted by Crippen LogP contribution is -2.23. The highest BCUT2D eigenvalue weighted by atomic mass is 35.5. The van der Waals surface area contributed by atoms with Crippen LogP contribution in [0.4, 0.5) is 5.69 Å². The number of hydrogen-bond donors (Lipinski definition) is 2. The number of phenols is 1. The average molecular weight is 427 g/mol. The average Bonchev–Trinajstić information content (AvgIpc) is 3.02. The van der Waals surface area contributed by atoms with Crippen LogP contribution in [0.5, 0.6) is 5.75 Å². The van der Waals surface area contributed by atoms with Gasteiger partial charge in [0.1, 0.15) is 0 Å². The molecule has 5 nitrogen and oxygen atoms in total. The Morgan fingerprint density at radius 2 is 1.72 bits per heavy atom. The number of hydrogen-bond acceptors (Lipinski definition) is 3. The predicted molar refractivity (Wildman–Crippen MR) is 113 cm³/mol. The lowest BCUT2D eigenvalue weighted by atomic mass is 10.1. The summed E-state index contributed by atoms with van der Waals surface area (Å²) in [6.07, 6.45) is 0. The fourth-order valence-corrected chi connectivity index (χ4v) is 3.76. The largest absolute Gasteiger partial charge is 0.505 e. The molecule has 29 heavy (non-hydrogen) atoms. The number of aromatic hydroxyl groups is 1. The highest BCUT2D eigenvalue weighted by Gasteiger charge is 2.28. The van der Waals surface area contributed by atoms with E-state index in [9.17, 15) is 14.7 Å². The summed E-state index contributed by atoms with van der Waals surface area (Å²) in [6.45, 7) is 1.02. The second-order valence-corrected chi connectivity index (χ2v) is 7.58. The number of carbonyl (C=O) groups is 2. The zero-order valence-electron chi connectivity index (χ0n) is 15.2. The summed E-state index contributed by atoms with van der Waals surface area (Å²) in [6, 6.07) is 17.6. The topological polar surface area (TPSA) is 69.6 Å². The first kappa shape index (κ1) is 19.3. The SMILES string of the molecule is O=C(Nc1cc(Cl)c(O)c(Cl)c1)c1ccc2c(c1)C(=O)N(Cc1ccccc1)C2. The molecule has 0 spiro atoms. The van der Waals surface area contributed by atoms with Crippen molar-refractivity contribution in [3.05, 3.63) is 93.0 Å². The number of phenolic OH excluding ortho intramolecular Hbond substituents is 1. The molecule has 0 atom stereocenters. The third-order valence-electron chi connectivity index (χ3n) is 4.74. The van der Waals surface area contributed by atoms with E-state index in [1.165, 1.54) is 12.1 Å². The minimum atomic E-state index is -0.403. The molecule has 0 unspecified atom stereocenters. The van der Waals surface area contributed by atoms with Crippen LogP contribution in [0.25, 0.3) is 0 Å². The second kappa shape index (κ2) is 7.78. The molecule has 0 radical (unpaired) electrons. The highest BCUT2D eigenvalue weighted by molar-refractivity contribution is 6.37. The summed E-state index contributed by atoms with van der Waals surface area (Å²) in [7, 11) is 0. The maximum atomic E-state index is 12.8. The number of nitrogens with zero attached hydrogens (tertiary/aromatic N) is 1. The molecule has 3 aromatic rings. The minimum Gasteiger partial charge on any atom is -0.505 e. The van der Waals surface area contributed by atoms with Crippen LogP contribution in [0, 0.1) is 0 Å². The van der Waals surface area contributed by atoms with E-state index in [1.54, 1.807) is 23.1 Å². The molecule has 1 aliphatic rings. The van der Waals surface area contributed by atoms with Crippen LogP contribution in [-0.2, 0) is 13.1 Å². The highest BCUT2D eigenvalue weighted by Crippen LogP contribution is 2.35. The number of benzene rings is 3. The lowest BCUT2D eigenvalue weighted by molar-refractivity contribution is 0.0766. The molecule has 0 saturated heterocycles. The predicted octanol–water partition coefficient (Wildman–Crippen LogP) is 5.11. The molecule has 0 saturated carbocycles. The first-order valence-corrected chi connectivity index (χ1v) is 9.63. The van der Waals surface area contributed by atoms with Gasteiger partial charge in [-0.2, -0.15) is 0 Å². The van der Waals surface area contributed by atoms with Crippen LogP contribution in [0.1, 0.15) is 31.8 Å². The molecule has 3 aromatic carbocycles. The Bertz CT molecular complexity index is 1090. The number of rotatable bonds is 4. The molecule has 0 aromatic heterocycles. The minimum absolute atomic E-state index is 0.0356. The molecule has 4 rings (SSSR count). The molecule has 7 heteroatoms. The maximum absolute atomic E-state index is 12.8. The van der Waals surface area contributed by atoms with E-state index in [2.05, 4.69) is 5.32 Å². The van der Waals surface area contributed by atoms with Gasteiger partial charge in [0.2, 0.25) is 0 Å². The molecule has 1 heterocycles. The van der Waals surface area contributed by atoms with Gasteiger partial charge in [-0.3, -0.25) is 9.59 Å². The second-order valence-electron chi connectivity index (χ2n) is 6.76. The maximum Gasteiger partial charge on any atom is 0.255 e. The Morgan fingerprint density at radius 1 is 1.03 bits per heavy atom. The first-order valence-electron chi connectivity index (χ1n) is 8.88. The van der Waals surface area contributed by atoms with E-state index in [0.29, 0.717) is 29.9 Å². The third-order valence-corrected chi connectivity index (χ3v) is 5.32. The Hall–Kier alpha value is -3.02. The zero-order chi connectivity index (χ0) is 20.5. The van der Waals surface area contributed by atoms with Crippen molar-refractivity contribution in [3.8, 4) is 5.75 Å². The molecular weight excluding hydrogens is 411 g/mol. The fourth-order valence-electron chi connectivity index (χ4n) is 3.27. The smallest absolute Gasteiger partial charge is 0.255 e. The number of anilines is 1. The van der Waals surface area contributed by atoms with Crippen LogP contribution in [0.3, 0.4) is 0 Å². The van der Waals surface area contributed by atoms with Crippen LogP contribution in [-0.4, -0.2) is 21.8 Å².